The molecule has 0 heterocycles. The third-order valence-corrected chi connectivity index (χ3v) is 2.78. The average molecular weight is 347 g/mol. The van der Waals surface area contributed by atoms with E-state index in [0.29, 0.717) is 0 Å². The fraction of sp³-hybridized carbons (Fsp3) is 0.214. The fourth-order valence-electron chi connectivity index (χ4n) is 1.53. The molecule has 6 nitrogen and oxygen atoms in total. The van der Waals surface area contributed by atoms with Crippen molar-refractivity contribution >= 4 is 17.6 Å². The van der Waals surface area contributed by atoms with Gasteiger partial charge in [-0.05, 0) is 24.3 Å². The summed E-state index contributed by atoms with van der Waals surface area (Å²) in [6.07, 6.45) is -5.04. The Balaban J connectivity index is 2.94. The summed E-state index contributed by atoms with van der Waals surface area (Å²) >= 11 is 0. The molecule has 0 bridgehead atoms. The Hall–Kier alpha value is -2.91. The van der Waals surface area contributed by atoms with Crippen molar-refractivity contribution in [2.45, 2.75) is 6.18 Å². The highest BCUT2D eigenvalue weighted by molar-refractivity contribution is 6.19. The number of amidine groups is 1. The Morgan fingerprint density at radius 3 is 2.17 bits per heavy atom. The number of ether oxygens (including phenoxy) is 1. The lowest BCUT2D eigenvalue weighted by Gasteiger charge is -2.13. The number of aliphatic imine (C=N–C) groups is 1. The first-order chi connectivity index (χ1) is 11.1. The average Bonchev–Trinajstić information content (AvgIpc) is 2.52. The number of esters is 1. The molecule has 130 valence electrons. The molecule has 0 saturated carbocycles. The van der Waals surface area contributed by atoms with Crippen LogP contribution >= 0.6 is 0 Å². The minimum absolute atomic E-state index is 0.00986. The van der Waals surface area contributed by atoms with Crippen LogP contribution in [0.2, 0.25) is 0 Å². The summed E-state index contributed by atoms with van der Waals surface area (Å²) in [5.74, 6) is -3.67. The Morgan fingerprint density at radius 2 is 1.71 bits per heavy atom. The largest absolute Gasteiger partial charge is 0.454 e. The van der Waals surface area contributed by atoms with Gasteiger partial charge in [0.2, 0.25) is 0 Å². The van der Waals surface area contributed by atoms with Crippen LogP contribution in [0.25, 0.3) is 0 Å². The SMILES string of the molecule is CN=C(N)C(C(=O)OCC(=O)c1ccc(F)cc1)=C(N)C(F)(F)F. The number of carbonyl (C=O) groups is 2. The monoisotopic (exact) mass is 347 g/mol. The first kappa shape index (κ1) is 19.1. The molecule has 0 fully saturated rings. The van der Waals surface area contributed by atoms with Crippen LogP contribution in [0.15, 0.2) is 40.5 Å². The molecule has 0 radical (unpaired) electrons. The van der Waals surface area contributed by atoms with Gasteiger partial charge in [-0.3, -0.25) is 9.79 Å². The maximum Gasteiger partial charge on any atom is 0.431 e. The molecule has 10 heteroatoms. The van der Waals surface area contributed by atoms with Gasteiger partial charge in [-0.25, -0.2) is 9.18 Å². The lowest BCUT2D eigenvalue weighted by Crippen LogP contribution is -2.33. The number of Topliss-reactive ketones (excluding diaryl/α,β-unsaturated/α-hetero) is 1. The number of rotatable bonds is 5. The van der Waals surface area contributed by atoms with Gasteiger partial charge < -0.3 is 16.2 Å². The number of halogens is 4. The van der Waals surface area contributed by atoms with E-state index in [1.54, 1.807) is 0 Å². The van der Waals surface area contributed by atoms with Crippen LogP contribution in [0.5, 0.6) is 0 Å². The summed E-state index contributed by atoms with van der Waals surface area (Å²) in [6, 6.07) is 4.27. The summed E-state index contributed by atoms with van der Waals surface area (Å²) in [5.41, 5.74) is 7.15. The summed E-state index contributed by atoms with van der Waals surface area (Å²) < 4.78 is 55.2. The normalized spacial score (nSPS) is 13.3. The van der Waals surface area contributed by atoms with Gasteiger partial charge in [0.25, 0.3) is 0 Å². The van der Waals surface area contributed by atoms with E-state index in [1.165, 1.54) is 0 Å². The molecule has 1 rings (SSSR count). The maximum atomic E-state index is 12.7. The van der Waals surface area contributed by atoms with Crippen LogP contribution in [-0.2, 0) is 9.53 Å². The van der Waals surface area contributed by atoms with Gasteiger partial charge >= 0.3 is 12.1 Å². The van der Waals surface area contributed by atoms with Gasteiger partial charge in [0.1, 0.15) is 22.9 Å². The Kier molecular flexibility index (Phi) is 6.04. The highest BCUT2D eigenvalue weighted by atomic mass is 19.4. The van der Waals surface area contributed by atoms with Crippen LogP contribution in [-0.4, -0.2) is 37.4 Å². The van der Waals surface area contributed by atoms with Crippen LogP contribution in [0.1, 0.15) is 10.4 Å². The molecular formula is C14H13F4N3O3. The zero-order valence-electron chi connectivity index (χ0n) is 12.4. The Labute approximate surface area is 133 Å². The summed E-state index contributed by atoms with van der Waals surface area (Å²) in [7, 11) is 1.05. The molecule has 0 amide bonds. The van der Waals surface area contributed by atoms with E-state index >= 15 is 0 Å². The molecular weight excluding hydrogens is 334 g/mol. The van der Waals surface area contributed by atoms with E-state index in [4.69, 9.17) is 11.5 Å². The number of benzene rings is 1. The first-order valence-corrected chi connectivity index (χ1v) is 6.33. The van der Waals surface area contributed by atoms with E-state index in [-0.39, 0.29) is 5.56 Å². The summed E-state index contributed by atoms with van der Waals surface area (Å²) in [6.45, 7) is -0.879. The predicted octanol–water partition coefficient (Wildman–Crippen LogP) is 1.31. The Bertz CT molecular complexity index is 694. The molecule has 0 aliphatic carbocycles. The molecule has 4 N–H and O–H groups in total. The van der Waals surface area contributed by atoms with Gasteiger partial charge in [0, 0.05) is 12.6 Å². The lowest BCUT2D eigenvalue weighted by molar-refractivity contribution is -0.138. The van der Waals surface area contributed by atoms with Gasteiger partial charge in [0.05, 0.1) is 0 Å². The standard InChI is InChI=1S/C14H13F4N3O3/c1-21-12(20)10(11(19)14(16,17)18)13(23)24-6-9(22)7-2-4-8(15)5-3-7/h2-5H,6,19H2,1H3,(H2,20,21). The van der Waals surface area contributed by atoms with Crippen LogP contribution < -0.4 is 11.5 Å². The lowest BCUT2D eigenvalue weighted by atomic mass is 10.1. The number of ketones is 1. The topological polar surface area (TPSA) is 108 Å². The molecule has 0 aromatic heterocycles. The second kappa shape index (κ2) is 7.57. The number of hydrogen-bond donors (Lipinski definition) is 2. The van der Waals surface area contributed by atoms with E-state index in [1.807, 2.05) is 0 Å². The van der Waals surface area contributed by atoms with Crippen molar-refractivity contribution < 1.29 is 31.9 Å². The summed E-state index contributed by atoms with van der Waals surface area (Å²) in [5, 5.41) is 0. The fourth-order valence-corrected chi connectivity index (χ4v) is 1.53. The summed E-state index contributed by atoms with van der Waals surface area (Å²) in [4.78, 5) is 26.8. The van der Waals surface area contributed by atoms with Crippen molar-refractivity contribution in [3.05, 3.63) is 46.9 Å². The van der Waals surface area contributed by atoms with Crippen LogP contribution in [0, 0.1) is 5.82 Å². The minimum atomic E-state index is -5.04. The third kappa shape index (κ3) is 4.80. The molecule has 1 aromatic rings. The molecule has 0 aliphatic rings. The zero-order valence-corrected chi connectivity index (χ0v) is 12.4. The third-order valence-electron chi connectivity index (χ3n) is 2.78. The van der Waals surface area contributed by atoms with Gasteiger partial charge in [-0.1, -0.05) is 0 Å². The van der Waals surface area contributed by atoms with Crippen molar-refractivity contribution in [2.24, 2.45) is 16.5 Å². The number of nitrogens with two attached hydrogens (primary N) is 2. The highest BCUT2D eigenvalue weighted by Crippen LogP contribution is 2.24. The van der Waals surface area contributed by atoms with E-state index in [2.05, 4.69) is 9.73 Å². The molecule has 0 saturated heterocycles. The van der Waals surface area contributed by atoms with Gasteiger partial charge in [0.15, 0.2) is 12.4 Å². The number of allylic oxidation sites excluding steroid dienone is 1. The highest BCUT2D eigenvalue weighted by Gasteiger charge is 2.38. The van der Waals surface area contributed by atoms with Crippen molar-refractivity contribution in [1.29, 1.82) is 0 Å². The first-order valence-electron chi connectivity index (χ1n) is 6.33. The number of carbonyl (C=O) groups excluding carboxylic acids is 2. The van der Waals surface area contributed by atoms with Crippen LogP contribution in [0.3, 0.4) is 0 Å². The van der Waals surface area contributed by atoms with Crippen molar-refractivity contribution in [1.82, 2.24) is 0 Å². The van der Waals surface area contributed by atoms with Crippen molar-refractivity contribution in [3.8, 4) is 0 Å². The molecule has 0 aliphatic heterocycles. The van der Waals surface area contributed by atoms with E-state index in [0.717, 1.165) is 31.3 Å². The number of alkyl halides is 3. The Morgan fingerprint density at radius 1 is 1.17 bits per heavy atom. The zero-order chi connectivity index (χ0) is 18.5. The molecule has 0 atom stereocenters. The second-order valence-corrected chi connectivity index (χ2v) is 4.40. The molecule has 24 heavy (non-hydrogen) atoms. The minimum Gasteiger partial charge on any atom is -0.454 e. The van der Waals surface area contributed by atoms with Gasteiger partial charge in [-0.15, -0.1) is 0 Å². The van der Waals surface area contributed by atoms with Crippen molar-refractivity contribution in [2.75, 3.05) is 13.7 Å². The molecule has 1 aromatic carbocycles. The second-order valence-electron chi connectivity index (χ2n) is 4.40. The number of hydrogen-bond acceptors (Lipinski definition) is 5. The smallest absolute Gasteiger partial charge is 0.431 e. The van der Waals surface area contributed by atoms with E-state index < -0.39 is 47.5 Å². The quantitative estimate of drug-likeness (QED) is 0.209. The van der Waals surface area contributed by atoms with Crippen LogP contribution in [0.4, 0.5) is 17.6 Å². The molecule has 0 unspecified atom stereocenters. The predicted molar refractivity (Wildman–Crippen MR) is 76.5 cm³/mol. The van der Waals surface area contributed by atoms with Gasteiger partial charge in [-0.2, -0.15) is 13.2 Å². The van der Waals surface area contributed by atoms with E-state index in [9.17, 15) is 27.2 Å². The number of nitrogens with zero attached hydrogens (tertiary/aromatic N) is 1. The maximum absolute atomic E-state index is 12.7. The molecule has 0 spiro atoms. The van der Waals surface area contributed by atoms with Crippen molar-refractivity contribution in [3.63, 3.8) is 0 Å².